The third-order valence-electron chi connectivity index (χ3n) is 3.60. The van der Waals surface area contributed by atoms with Gasteiger partial charge < -0.3 is 14.6 Å². The lowest BCUT2D eigenvalue weighted by molar-refractivity contribution is -0.274. The fraction of sp³-hybridized carbons (Fsp3) is 0.176. The second-order valence-electron chi connectivity index (χ2n) is 5.23. The van der Waals surface area contributed by atoms with Gasteiger partial charge in [-0.2, -0.15) is 0 Å². The molecule has 5 nitrogen and oxygen atoms in total. The number of ether oxygens (including phenoxy) is 2. The van der Waals surface area contributed by atoms with E-state index in [4.69, 9.17) is 4.74 Å². The monoisotopic (exact) mass is 351 g/mol. The minimum absolute atomic E-state index is 0.0212. The summed E-state index contributed by atoms with van der Waals surface area (Å²) in [4.78, 5) is 16.3. The van der Waals surface area contributed by atoms with Crippen LogP contribution >= 0.6 is 0 Å². The normalized spacial score (nSPS) is 16.9. The number of ketones is 1. The Labute approximate surface area is 140 Å². The Balaban J connectivity index is 1.99. The summed E-state index contributed by atoms with van der Waals surface area (Å²) >= 11 is 0. The molecule has 1 aliphatic carbocycles. The standard InChI is InChI=1S/C17H12F3NO4/c1-24-14-8-13(22)15-11(16(14)23)5-6-12(21-15)9-3-2-4-10(7-9)25-17(18,19)20/h2-8,16,23H,1H3. The van der Waals surface area contributed by atoms with Crippen LogP contribution in [-0.2, 0) is 4.74 Å². The first-order valence-electron chi connectivity index (χ1n) is 7.13. The molecular weight excluding hydrogens is 339 g/mol. The van der Waals surface area contributed by atoms with Crippen molar-refractivity contribution in [2.45, 2.75) is 12.5 Å². The molecular formula is C17H12F3NO4. The molecule has 1 atom stereocenters. The molecule has 1 unspecified atom stereocenters. The van der Waals surface area contributed by atoms with Crippen LogP contribution in [0.25, 0.3) is 11.3 Å². The first-order chi connectivity index (χ1) is 11.8. The van der Waals surface area contributed by atoms with E-state index in [-0.39, 0.29) is 22.7 Å². The Morgan fingerprint density at radius 1 is 1.20 bits per heavy atom. The average molecular weight is 351 g/mol. The molecule has 0 aliphatic heterocycles. The number of aliphatic hydroxyl groups is 1. The number of carbonyl (C=O) groups is 1. The molecule has 25 heavy (non-hydrogen) atoms. The zero-order valence-corrected chi connectivity index (χ0v) is 12.9. The highest BCUT2D eigenvalue weighted by Gasteiger charge is 2.31. The molecule has 1 aliphatic rings. The number of hydrogen-bond acceptors (Lipinski definition) is 5. The molecule has 0 saturated carbocycles. The minimum atomic E-state index is -4.80. The number of aliphatic hydroxyl groups excluding tert-OH is 1. The lowest BCUT2D eigenvalue weighted by Crippen LogP contribution is -2.18. The van der Waals surface area contributed by atoms with E-state index in [0.29, 0.717) is 5.56 Å². The van der Waals surface area contributed by atoms with Crippen molar-refractivity contribution in [2.75, 3.05) is 7.11 Å². The van der Waals surface area contributed by atoms with Crippen molar-refractivity contribution in [2.24, 2.45) is 0 Å². The van der Waals surface area contributed by atoms with E-state index in [0.717, 1.165) is 12.1 Å². The molecule has 1 N–H and O–H groups in total. The van der Waals surface area contributed by atoms with Crippen LogP contribution < -0.4 is 4.74 Å². The highest BCUT2D eigenvalue weighted by molar-refractivity contribution is 6.06. The van der Waals surface area contributed by atoms with E-state index in [1.54, 1.807) is 0 Å². The van der Waals surface area contributed by atoms with Gasteiger partial charge in [0.05, 0.1) is 12.8 Å². The topological polar surface area (TPSA) is 68.7 Å². The highest BCUT2D eigenvalue weighted by Crippen LogP contribution is 2.33. The summed E-state index contributed by atoms with van der Waals surface area (Å²) < 4.78 is 45.8. The summed E-state index contributed by atoms with van der Waals surface area (Å²) in [6.07, 6.45) is -4.80. The summed E-state index contributed by atoms with van der Waals surface area (Å²) in [5.41, 5.74) is 0.915. The van der Waals surface area contributed by atoms with Gasteiger partial charge in [-0.15, -0.1) is 13.2 Å². The summed E-state index contributed by atoms with van der Waals surface area (Å²) in [7, 11) is 1.33. The van der Waals surface area contributed by atoms with Crippen LogP contribution in [-0.4, -0.2) is 29.3 Å². The number of benzene rings is 1. The van der Waals surface area contributed by atoms with Gasteiger partial charge in [0.1, 0.15) is 23.3 Å². The fourth-order valence-corrected chi connectivity index (χ4v) is 2.50. The number of nitrogens with zero attached hydrogens (tertiary/aromatic N) is 1. The first kappa shape index (κ1) is 17.0. The van der Waals surface area contributed by atoms with Crippen molar-refractivity contribution in [3.63, 3.8) is 0 Å². The molecule has 3 rings (SSSR count). The second kappa shape index (κ2) is 6.21. The Morgan fingerprint density at radius 2 is 1.96 bits per heavy atom. The van der Waals surface area contributed by atoms with Gasteiger partial charge in [0.15, 0.2) is 0 Å². The molecule has 2 aromatic rings. The molecule has 0 amide bonds. The van der Waals surface area contributed by atoms with Crippen LogP contribution in [0.15, 0.2) is 48.2 Å². The van der Waals surface area contributed by atoms with Crippen molar-refractivity contribution in [3.05, 3.63) is 59.5 Å². The molecule has 130 valence electrons. The van der Waals surface area contributed by atoms with Crippen LogP contribution in [0.2, 0.25) is 0 Å². The smallest absolute Gasteiger partial charge is 0.498 e. The van der Waals surface area contributed by atoms with E-state index in [1.807, 2.05) is 0 Å². The van der Waals surface area contributed by atoms with Crippen LogP contribution in [0.1, 0.15) is 22.2 Å². The van der Waals surface area contributed by atoms with Crippen LogP contribution in [0.5, 0.6) is 5.75 Å². The zero-order chi connectivity index (χ0) is 18.2. The number of aromatic nitrogens is 1. The maximum Gasteiger partial charge on any atom is 0.573 e. The molecule has 0 spiro atoms. The SMILES string of the molecule is COC1=CC(=O)c2nc(-c3cccc(OC(F)(F)F)c3)ccc2C1O. The van der Waals surface area contributed by atoms with Crippen molar-refractivity contribution < 1.29 is 32.5 Å². The molecule has 0 radical (unpaired) electrons. The van der Waals surface area contributed by atoms with E-state index in [9.17, 15) is 23.1 Å². The van der Waals surface area contributed by atoms with Gasteiger partial charge in [-0.3, -0.25) is 4.79 Å². The van der Waals surface area contributed by atoms with Gasteiger partial charge in [0, 0.05) is 17.2 Å². The molecule has 1 heterocycles. The number of carbonyl (C=O) groups excluding carboxylic acids is 1. The number of alkyl halides is 3. The number of hydrogen-bond donors (Lipinski definition) is 1. The predicted molar refractivity (Wildman–Crippen MR) is 80.7 cm³/mol. The van der Waals surface area contributed by atoms with Crippen LogP contribution in [0.4, 0.5) is 13.2 Å². The molecule has 8 heteroatoms. The third kappa shape index (κ3) is 3.48. The quantitative estimate of drug-likeness (QED) is 0.918. The number of pyridine rings is 1. The summed E-state index contributed by atoms with van der Waals surface area (Å²) in [5, 5.41) is 10.1. The number of halogens is 3. The van der Waals surface area contributed by atoms with E-state index < -0.39 is 24.0 Å². The lowest BCUT2D eigenvalue weighted by Gasteiger charge is -2.21. The van der Waals surface area contributed by atoms with Gasteiger partial charge in [-0.1, -0.05) is 18.2 Å². The van der Waals surface area contributed by atoms with E-state index in [2.05, 4.69) is 9.72 Å². The van der Waals surface area contributed by atoms with Crippen LogP contribution in [0.3, 0.4) is 0 Å². The van der Waals surface area contributed by atoms with Gasteiger partial charge in [-0.25, -0.2) is 4.98 Å². The maximum atomic E-state index is 12.3. The number of rotatable bonds is 3. The summed E-state index contributed by atoms with van der Waals surface area (Å²) in [6.45, 7) is 0. The van der Waals surface area contributed by atoms with E-state index in [1.165, 1.54) is 37.4 Å². The fourth-order valence-electron chi connectivity index (χ4n) is 2.50. The number of methoxy groups -OCH3 is 1. The van der Waals surface area contributed by atoms with Gasteiger partial charge in [0.2, 0.25) is 5.78 Å². The Kier molecular flexibility index (Phi) is 4.22. The summed E-state index contributed by atoms with van der Waals surface area (Å²) in [6, 6.07) is 8.25. The Morgan fingerprint density at radius 3 is 2.64 bits per heavy atom. The van der Waals surface area contributed by atoms with Crippen LogP contribution in [0, 0.1) is 0 Å². The minimum Gasteiger partial charge on any atom is -0.498 e. The largest absolute Gasteiger partial charge is 0.573 e. The maximum absolute atomic E-state index is 12.3. The number of fused-ring (bicyclic) bond motifs is 1. The second-order valence-corrected chi connectivity index (χ2v) is 5.23. The molecule has 0 fully saturated rings. The molecule has 1 aromatic heterocycles. The molecule has 1 aromatic carbocycles. The molecule has 0 saturated heterocycles. The van der Waals surface area contributed by atoms with Crippen molar-refractivity contribution in [1.82, 2.24) is 4.98 Å². The van der Waals surface area contributed by atoms with Gasteiger partial charge in [-0.05, 0) is 18.2 Å². The van der Waals surface area contributed by atoms with Crippen molar-refractivity contribution in [1.29, 1.82) is 0 Å². The lowest BCUT2D eigenvalue weighted by atomic mass is 9.95. The van der Waals surface area contributed by atoms with Crippen molar-refractivity contribution in [3.8, 4) is 17.0 Å². The Hall–Kier alpha value is -2.87. The Bertz CT molecular complexity index is 861. The highest BCUT2D eigenvalue weighted by atomic mass is 19.4. The number of allylic oxidation sites excluding steroid dienone is 1. The van der Waals surface area contributed by atoms with Crippen molar-refractivity contribution >= 4 is 5.78 Å². The van der Waals surface area contributed by atoms with E-state index >= 15 is 0 Å². The average Bonchev–Trinajstić information content (AvgIpc) is 2.56. The first-order valence-corrected chi connectivity index (χ1v) is 7.13. The van der Waals surface area contributed by atoms with Gasteiger partial charge >= 0.3 is 6.36 Å². The molecule has 0 bridgehead atoms. The third-order valence-corrected chi connectivity index (χ3v) is 3.60. The van der Waals surface area contributed by atoms with Gasteiger partial charge in [0.25, 0.3) is 0 Å². The zero-order valence-electron chi connectivity index (χ0n) is 12.9. The summed E-state index contributed by atoms with van der Waals surface area (Å²) in [5.74, 6) is -0.744. The predicted octanol–water partition coefficient (Wildman–Crippen LogP) is 3.41.